The predicted molar refractivity (Wildman–Crippen MR) is 61.4 cm³/mol. The number of ether oxygens (including phenoxy) is 2. The summed E-state index contributed by atoms with van der Waals surface area (Å²) in [5.74, 6) is 0.662. The van der Waals surface area contributed by atoms with E-state index in [1.54, 1.807) is 13.3 Å². The first-order valence-electron chi connectivity index (χ1n) is 5.63. The molecule has 2 atom stereocenters. The van der Waals surface area contributed by atoms with Crippen LogP contribution in [0.3, 0.4) is 0 Å². The van der Waals surface area contributed by atoms with Crippen molar-refractivity contribution in [2.75, 3.05) is 13.7 Å². The zero-order chi connectivity index (χ0) is 11.4. The van der Waals surface area contributed by atoms with E-state index in [4.69, 9.17) is 9.47 Å². The fraction of sp³-hybridized carbons (Fsp3) is 0.583. The second kappa shape index (κ2) is 5.27. The molecule has 88 valence electrons. The van der Waals surface area contributed by atoms with E-state index in [-0.39, 0.29) is 0 Å². The molecule has 1 aromatic heterocycles. The third-order valence-electron chi connectivity index (χ3n) is 2.95. The maximum absolute atomic E-state index is 5.50. The minimum absolute atomic E-state index is 0.309. The van der Waals surface area contributed by atoms with Gasteiger partial charge in [0.15, 0.2) is 0 Å². The third-order valence-corrected chi connectivity index (χ3v) is 2.95. The van der Waals surface area contributed by atoms with Crippen LogP contribution >= 0.6 is 0 Å². The van der Waals surface area contributed by atoms with E-state index in [0.29, 0.717) is 18.0 Å². The van der Waals surface area contributed by atoms with Crippen molar-refractivity contribution in [1.82, 2.24) is 10.3 Å². The molecule has 4 heteroatoms. The lowest BCUT2D eigenvalue weighted by molar-refractivity contribution is 0.113. The monoisotopic (exact) mass is 222 g/mol. The highest BCUT2D eigenvalue weighted by molar-refractivity contribution is 5.20. The summed E-state index contributed by atoms with van der Waals surface area (Å²) in [7, 11) is 1.63. The normalized spacial score (nSPS) is 24.6. The highest BCUT2D eigenvalue weighted by Gasteiger charge is 2.23. The van der Waals surface area contributed by atoms with Gasteiger partial charge in [-0.25, -0.2) is 4.98 Å². The predicted octanol–water partition coefficient (Wildman–Crippen LogP) is 1.36. The first-order valence-corrected chi connectivity index (χ1v) is 5.63. The van der Waals surface area contributed by atoms with Crippen molar-refractivity contribution < 1.29 is 9.47 Å². The molecular formula is C12H18N2O2. The van der Waals surface area contributed by atoms with Crippen LogP contribution in [-0.4, -0.2) is 30.8 Å². The summed E-state index contributed by atoms with van der Waals surface area (Å²) in [4.78, 5) is 4.08. The largest absolute Gasteiger partial charge is 0.481 e. The summed E-state index contributed by atoms with van der Waals surface area (Å²) in [6.45, 7) is 3.80. The minimum atomic E-state index is 0.309. The number of pyridine rings is 1. The molecule has 4 nitrogen and oxygen atoms in total. The Morgan fingerprint density at radius 2 is 2.50 bits per heavy atom. The molecule has 0 radical (unpaired) electrons. The molecule has 2 heterocycles. The fourth-order valence-electron chi connectivity index (χ4n) is 1.92. The zero-order valence-electron chi connectivity index (χ0n) is 9.77. The molecule has 1 N–H and O–H groups in total. The van der Waals surface area contributed by atoms with E-state index in [0.717, 1.165) is 19.6 Å². The number of nitrogens with one attached hydrogen (secondary N) is 1. The van der Waals surface area contributed by atoms with Crippen LogP contribution in [0.4, 0.5) is 0 Å². The van der Waals surface area contributed by atoms with Crippen LogP contribution in [0.1, 0.15) is 18.9 Å². The SMILES string of the molecule is COc1cc(CNC2CCOC2C)ccn1. The molecule has 1 fully saturated rings. The van der Waals surface area contributed by atoms with Gasteiger partial charge in [-0.3, -0.25) is 0 Å². The van der Waals surface area contributed by atoms with Crippen LogP contribution in [0.15, 0.2) is 18.3 Å². The van der Waals surface area contributed by atoms with Gasteiger partial charge >= 0.3 is 0 Å². The molecular weight excluding hydrogens is 204 g/mol. The number of rotatable bonds is 4. The van der Waals surface area contributed by atoms with Gasteiger partial charge in [0.1, 0.15) is 0 Å². The molecule has 16 heavy (non-hydrogen) atoms. The van der Waals surface area contributed by atoms with Gasteiger partial charge in [0.2, 0.25) is 5.88 Å². The Labute approximate surface area is 96.0 Å². The molecule has 1 saturated heterocycles. The van der Waals surface area contributed by atoms with E-state index < -0.39 is 0 Å². The quantitative estimate of drug-likeness (QED) is 0.835. The van der Waals surface area contributed by atoms with Crippen LogP contribution < -0.4 is 10.1 Å². The summed E-state index contributed by atoms with van der Waals surface area (Å²) in [6.07, 6.45) is 3.16. The third kappa shape index (κ3) is 2.71. The Hall–Kier alpha value is -1.13. The second-order valence-corrected chi connectivity index (χ2v) is 4.06. The highest BCUT2D eigenvalue weighted by atomic mass is 16.5. The summed E-state index contributed by atoms with van der Waals surface area (Å²) in [5, 5.41) is 3.49. The minimum Gasteiger partial charge on any atom is -0.481 e. The van der Waals surface area contributed by atoms with E-state index in [1.165, 1.54) is 5.56 Å². The molecule has 2 unspecified atom stereocenters. The van der Waals surface area contributed by atoms with Gasteiger partial charge in [-0.1, -0.05) is 0 Å². The molecule has 0 saturated carbocycles. The van der Waals surface area contributed by atoms with Gasteiger partial charge in [0, 0.05) is 31.5 Å². The van der Waals surface area contributed by atoms with E-state index in [2.05, 4.69) is 17.2 Å². The highest BCUT2D eigenvalue weighted by Crippen LogP contribution is 2.14. The lowest BCUT2D eigenvalue weighted by Gasteiger charge is -2.16. The summed E-state index contributed by atoms with van der Waals surface area (Å²) in [5.41, 5.74) is 1.19. The Kier molecular flexibility index (Phi) is 3.74. The first kappa shape index (κ1) is 11.4. The van der Waals surface area contributed by atoms with Gasteiger partial charge in [-0.15, -0.1) is 0 Å². The van der Waals surface area contributed by atoms with Gasteiger partial charge in [-0.05, 0) is 25.0 Å². The average Bonchev–Trinajstić information content (AvgIpc) is 2.72. The molecule has 0 bridgehead atoms. The number of methoxy groups -OCH3 is 1. The Morgan fingerprint density at radius 1 is 1.62 bits per heavy atom. The Balaban J connectivity index is 1.88. The summed E-state index contributed by atoms with van der Waals surface area (Å²) < 4.78 is 10.6. The van der Waals surface area contributed by atoms with E-state index in [9.17, 15) is 0 Å². The summed E-state index contributed by atoms with van der Waals surface area (Å²) in [6, 6.07) is 4.41. The molecule has 0 amide bonds. The van der Waals surface area contributed by atoms with E-state index in [1.807, 2.05) is 12.1 Å². The van der Waals surface area contributed by atoms with Crippen molar-refractivity contribution in [2.45, 2.75) is 32.0 Å². The topological polar surface area (TPSA) is 43.4 Å². The van der Waals surface area contributed by atoms with E-state index >= 15 is 0 Å². The van der Waals surface area contributed by atoms with Gasteiger partial charge in [0.25, 0.3) is 0 Å². The van der Waals surface area contributed by atoms with Crippen LogP contribution in [0, 0.1) is 0 Å². The molecule has 0 spiro atoms. The first-order chi connectivity index (χ1) is 7.79. The molecule has 1 aliphatic heterocycles. The lowest BCUT2D eigenvalue weighted by Crippen LogP contribution is -2.34. The Bertz CT molecular complexity index is 344. The average molecular weight is 222 g/mol. The van der Waals surface area contributed by atoms with Gasteiger partial charge in [0.05, 0.1) is 13.2 Å². The van der Waals surface area contributed by atoms with Crippen LogP contribution in [0.5, 0.6) is 5.88 Å². The van der Waals surface area contributed by atoms with Gasteiger partial charge in [-0.2, -0.15) is 0 Å². The molecule has 1 aliphatic rings. The number of nitrogens with zero attached hydrogens (tertiary/aromatic N) is 1. The Morgan fingerprint density at radius 3 is 3.19 bits per heavy atom. The molecule has 2 rings (SSSR count). The second-order valence-electron chi connectivity index (χ2n) is 4.06. The smallest absolute Gasteiger partial charge is 0.213 e. The van der Waals surface area contributed by atoms with Crippen molar-refractivity contribution in [1.29, 1.82) is 0 Å². The molecule has 1 aromatic rings. The summed E-state index contributed by atoms with van der Waals surface area (Å²) >= 11 is 0. The van der Waals surface area contributed by atoms with Crippen LogP contribution in [0.2, 0.25) is 0 Å². The van der Waals surface area contributed by atoms with Gasteiger partial charge < -0.3 is 14.8 Å². The van der Waals surface area contributed by atoms with Crippen molar-refractivity contribution >= 4 is 0 Å². The zero-order valence-corrected chi connectivity index (χ0v) is 9.77. The number of aromatic nitrogens is 1. The van der Waals surface area contributed by atoms with Crippen molar-refractivity contribution in [3.05, 3.63) is 23.9 Å². The fourth-order valence-corrected chi connectivity index (χ4v) is 1.92. The van der Waals surface area contributed by atoms with Crippen LogP contribution in [-0.2, 0) is 11.3 Å². The number of hydrogen-bond acceptors (Lipinski definition) is 4. The van der Waals surface area contributed by atoms with Crippen LogP contribution in [0.25, 0.3) is 0 Å². The maximum atomic E-state index is 5.50. The van der Waals surface area contributed by atoms with Crippen molar-refractivity contribution in [2.24, 2.45) is 0 Å². The van der Waals surface area contributed by atoms with Crippen molar-refractivity contribution in [3.8, 4) is 5.88 Å². The maximum Gasteiger partial charge on any atom is 0.213 e. The number of hydrogen-bond donors (Lipinski definition) is 1. The molecule has 0 aromatic carbocycles. The lowest BCUT2D eigenvalue weighted by atomic mass is 10.1. The van der Waals surface area contributed by atoms with Crippen molar-refractivity contribution in [3.63, 3.8) is 0 Å². The molecule has 0 aliphatic carbocycles. The standard InChI is InChI=1S/C12H18N2O2/c1-9-11(4-6-16-9)14-8-10-3-5-13-12(7-10)15-2/h3,5,7,9,11,14H,4,6,8H2,1-2H3.